The van der Waals surface area contributed by atoms with Gasteiger partial charge in [-0.2, -0.15) is 13.2 Å². The van der Waals surface area contributed by atoms with Crippen LogP contribution in [0, 0.1) is 0 Å². The van der Waals surface area contributed by atoms with E-state index >= 15 is 0 Å². The van der Waals surface area contributed by atoms with Crippen molar-refractivity contribution < 1.29 is 18.0 Å². The zero-order valence-electron chi connectivity index (χ0n) is 15.2. The van der Waals surface area contributed by atoms with E-state index in [1.807, 2.05) is 11.9 Å². The summed E-state index contributed by atoms with van der Waals surface area (Å²) in [5.41, 5.74) is 0.310. The van der Waals surface area contributed by atoms with Crippen molar-refractivity contribution >= 4 is 42.1 Å². The summed E-state index contributed by atoms with van der Waals surface area (Å²) in [4.78, 5) is 18.7. The number of hydrogen-bond acceptors (Lipinski definition) is 4. The van der Waals surface area contributed by atoms with E-state index in [2.05, 4.69) is 10.3 Å². The van der Waals surface area contributed by atoms with Crippen molar-refractivity contribution in [3.8, 4) is 10.6 Å². The van der Waals surface area contributed by atoms with Gasteiger partial charge in [0.1, 0.15) is 5.01 Å². The minimum Gasteiger partial charge on any atom is -0.341 e. The van der Waals surface area contributed by atoms with Crippen molar-refractivity contribution in [1.29, 1.82) is 0 Å². The van der Waals surface area contributed by atoms with Crippen LogP contribution in [0.4, 0.5) is 13.2 Å². The van der Waals surface area contributed by atoms with Gasteiger partial charge in [-0.3, -0.25) is 4.79 Å². The topological polar surface area (TPSA) is 45.2 Å². The molecular formula is C18H22Cl2F3N3OS. The van der Waals surface area contributed by atoms with Crippen LogP contribution in [0.2, 0.25) is 0 Å². The normalized spacial score (nSPS) is 16.9. The third-order valence-corrected chi connectivity index (χ3v) is 5.44. The second-order valence-corrected chi connectivity index (χ2v) is 7.23. The first kappa shape index (κ1) is 24.7. The van der Waals surface area contributed by atoms with Crippen molar-refractivity contribution in [2.24, 2.45) is 0 Å². The van der Waals surface area contributed by atoms with Crippen LogP contribution in [-0.4, -0.2) is 42.0 Å². The molecule has 10 heteroatoms. The standard InChI is InChI=1S/C18H20F3N3OS.2ClH/c1-22-14-6-3-7-24(10-14)16(25)9-15-11-26-17(23-15)12-4-2-5-13(8-12)18(19,20)21;;/h2,4-5,8,11,14,22H,3,6-7,9-10H2,1H3;2*1H. The number of hydrogen-bond donors (Lipinski definition) is 1. The average Bonchev–Trinajstić information content (AvgIpc) is 3.09. The third-order valence-electron chi connectivity index (χ3n) is 4.50. The minimum absolute atomic E-state index is 0. The molecule has 0 spiro atoms. The second-order valence-electron chi connectivity index (χ2n) is 6.37. The smallest absolute Gasteiger partial charge is 0.341 e. The first-order valence-electron chi connectivity index (χ1n) is 8.44. The number of nitrogens with zero attached hydrogens (tertiary/aromatic N) is 2. The van der Waals surface area contributed by atoms with Gasteiger partial charge in [-0.25, -0.2) is 4.98 Å². The third kappa shape index (κ3) is 6.07. The summed E-state index contributed by atoms with van der Waals surface area (Å²) in [5.74, 6) is 0.00541. The van der Waals surface area contributed by atoms with E-state index in [0.717, 1.165) is 31.5 Å². The summed E-state index contributed by atoms with van der Waals surface area (Å²) in [5, 5.41) is 5.43. The number of nitrogens with one attached hydrogen (secondary N) is 1. The van der Waals surface area contributed by atoms with Crippen molar-refractivity contribution in [3.63, 3.8) is 0 Å². The molecule has 156 valence electrons. The molecule has 1 aliphatic heterocycles. The van der Waals surface area contributed by atoms with Gasteiger partial charge in [0.15, 0.2) is 0 Å². The average molecular weight is 456 g/mol. The summed E-state index contributed by atoms with van der Waals surface area (Å²) in [6.45, 7) is 1.42. The maximum atomic E-state index is 12.9. The lowest BCUT2D eigenvalue weighted by molar-refractivity contribution is -0.137. The molecule has 1 aliphatic rings. The highest BCUT2D eigenvalue weighted by molar-refractivity contribution is 7.13. The number of carbonyl (C=O) groups is 1. The van der Waals surface area contributed by atoms with Gasteiger partial charge in [-0.05, 0) is 32.0 Å². The number of amides is 1. The fourth-order valence-electron chi connectivity index (χ4n) is 3.06. The van der Waals surface area contributed by atoms with Crippen LogP contribution in [0.3, 0.4) is 0 Å². The number of halogens is 5. The number of likely N-dealkylation sites (tertiary alicyclic amines) is 1. The van der Waals surface area contributed by atoms with E-state index in [0.29, 0.717) is 28.9 Å². The van der Waals surface area contributed by atoms with Gasteiger partial charge in [-0.1, -0.05) is 12.1 Å². The van der Waals surface area contributed by atoms with Crippen LogP contribution in [0.5, 0.6) is 0 Å². The molecule has 0 bridgehead atoms. The first-order chi connectivity index (χ1) is 12.4. The predicted octanol–water partition coefficient (Wildman–Crippen LogP) is 4.43. The molecule has 1 N–H and O–H groups in total. The lowest BCUT2D eigenvalue weighted by Crippen LogP contribution is -2.47. The zero-order valence-corrected chi connectivity index (χ0v) is 17.6. The highest BCUT2D eigenvalue weighted by Gasteiger charge is 2.30. The summed E-state index contributed by atoms with van der Waals surface area (Å²) in [7, 11) is 1.89. The molecule has 1 unspecified atom stereocenters. The number of thiazole rings is 1. The van der Waals surface area contributed by atoms with Crippen LogP contribution in [-0.2, 0) is 17.4 Å². The maximum Gasteiger partial charge on any atom is 0.416 e. The van der Waals surface area contributed by atoms with Crippen LogP contribution >= 0.6 is 36.2 Å². The lowest BCUT2D eigenvalue weighted by Gasteiger charge is -2.32. The van der Waals surface area contributed by atoms with Crippen LogP contribution < -0.4 is 5.32 Å². The van der Waals surface area contributed by atoms with E-state index in [4.69, 9.17) is 0 Å². The summed E-state index contributed by atoms with van der Waals surface area (Å²) >= 11 is 1.25. The molecule has 28 heavy (non-hydrogen) atoms. The van der Waals surface area contributed by atoms with Gasteiger partial charge >= 0.3 is 6.18 Å². The van der Waals surface area contributed by atoms with Gasteiger partial charge in [0.05, 0.1) is 17.7 Å². The van der Waals surface area contributed by atoms with Crippen LogP contribution in [0.1, 0.15) is 24.1 Å². The molecular weight excluding hydrogens is 434 g/mol. The van der Waals surface area contributed by atoms with E-state index in [1.54, 1.807) is 11.4 Å². The largest absolute Gasteiger partial charge is 0.416 e. The molecule has 1 aromatic carbocycles. The van der Waals surface area contributed by atoms with Gasteiger partial charge < -0.3 is 10.2 Å². The first-order valence-corrected chi connectivity index (χ1v) is 9.32. The number of benzene rings is 1. The van der Waals surface area contributed by atoms with Gasteiger partial charge in [0.25, 0.3) is 0 Å². The number of alkyl halides is 3. The Bertz CT molecular complexity index is 785. The Morgan fingerprint density at radius 1 is 1.36 bits per heavy atom. The fourth-order valence-corrected chi connectivity index (χ4v) is 3.87. The van der Waals surface area contributed by atoms with E-state index in [1.165, 1.54) is 17.4 Å². The van der Waals surface area contributed by atoms with E-state index < -0.39 is 11.7 Å². The molecule has 0 radical (unpaired) electrons. The number of aromatic nitrogens is 1. The summed E-state index contributed by atoms with van der Waals surface area (Å²) in [6.07, 6.45) is -2.20. The monoisotopic (exact) mass is 455 g/mol. The minimum atomic E-state index is -4.38. The van der Waals surface area contributed by atoms with Crippen molar-refractivity contribution in [2.45, 2.75) is 31.5 Å². The zero-order chi connectivity index (χ0) is 18.7. The number of piperidine rings is 1. The second kappa shape index (κ2) is 10.4. The summed E-state index contributed by atoms with van der Waals surface area (Å²) in [6, 6.07) is 5.41. The molecule has 3 rings (SSSR count). The predicted molar refractivity (Wildman–Crippen MR) is 109 cm³/mol. The fraction of sp³-hybridized carbons (Fsp3) is 0.444. The Morgan fingerprint density at radius 3 is 2.79 bits per heavy atom. The van der Waals surface area contributed by atoms with E-state index in [-0.39, 0.29) is 37.1 Å². The number of rotatable bonds is 4. The number of carbonyl (C=O) groups excluding carboxylic acids is 1. The highest BCUT2D eigenvalue weighted by atomic mass is 35.5. The van der Waals surface area contributed by atoms with E-state index in [9.17, 15) is 18.0 Å². The molecule has 1 saturated heterocycles. The Balaban J connectivity index is 0.00000196. The molecule has 1 aromatic heterocycles. The Morgan fingerprint density at radius 2 is 2.11 bits per heavy atom. The lowest BCUT2D eigenvalue weighted by atomic mass is 10.1. The molecule has 1 fully saturated rings. The molecule has 4 nitrogen and oxygen atoms in total. The van der Waals surface area contributed by atoms with Gasteiger partial charge in [0.2, 0.25) is 5.91 Å². The molecule has 1 atom stereocenters. The maximum absolute atomic E-state index is 12.9. The Labute approximate surface area is 178 Å². The Hall–Kier alpha value is -1.35. The molecule has 0 aliphatic carbocycles. The van der Waals surface area contributed by atoms with Crippen molar-refractivity contribution in [2.75, 3.05) is 20.1 Å². The van der Waals surface area contributed by atoms with Crippen molar-refractivity contribution in [1.82, 2.24) is 15.2 Å². The van der Waals surface area contributed by atoms with Gasteiger partial charge in [-0.15, -0.1) is 36.2 Å². The van der Waals surface area contributed by atoms with Crippen LogP contribution in [0.25, 0.3) is 10.6 Å². The SMILES string of the molecule is CNC1CCCN(C(=O)Cc2csc(-c3cccc(C(F)(F)F)c3)n2)C1.Cl.Cl. The van der Waals surface area contributed by atoms with Crippen LogP contribution in [0.15, 0.2) is 29.6 Å². The molecule has 0 saturated carbocycles. The summed E-state index contributed by atoms with van der Waals surface area (Å²) < 4.78 is 38.6. The Kier molecular flexibility index (Phi) is 9.20. The number of likely N-dealkylation sites (N-methyl/N-ethyl adjacent to an activating group) is 1. The molecule has 2 aromatic rings. The highest BCUT2D eigenvalue weighted by Crippen LogP contribution is 2.33. The molecule has 1 amide bonds. The quantitative estimate of drug-likeness (QED) is 0.741. The van der Waals surface area contributed by atoms with Crippen molar-refractivity contribution in [3.05, 3.63) is 40.9 Å². The van der Waals surface area contributed by atoms with Gasteiger partial charge in [0, 0.05) is 30.1 Å². The molecule has 2 heterocycles.